The quantitative estimate of drug-likeness (QED) is 0.681. The highest BCUT2D eigenvalue weighted by Crippen LogP contribution is 2.31. The molecule has 0 unspecified atom stereocenters. The fraction of sp³-hybridized carbons (Fsp3) is 0.261. The van der Waals surface area contributed by atoms with Crippen molar-refractivity contribution in [3.63, 3.8) is 0 Å². The number of hydrogen-bond donors (Lipinski definition) is 1. The summed E-state index contributed by atoms with van der Waals surface area (Å²) in [5.41, 5.74) is 1.75. The second-order valence-corrected chi connectivity index (χ2v) is 7.51. The Morgan fingerprint density at radius 1 is 0.963 bits per heavy atom. The van der Waals surface area contributed by atoms with E-state index in [2.05, 4.69) is 26.1 Å². The number of hydrogen-bond acceptors (Lipinski definition) is 3. The molecule has 0 spiro atoms. The normalized spacial score (nSPS) is 11.3. The van der Waals surface area contributed by atoms with Gasteiger partial charge in [-0.25, -0.2) is 0 Å². The summed E-state index contributed by atoms with van der Waals surface area (Å²) >= 11 is 0. The van der Waals surface area contributed by atoms with Gasteiger partial charge < -0.3 is 14.8 Å². The molecular weight excluding hydrogens is 338 g/mol. The molecule has 0 atom stereocenters. The van der Waals surface area contributed by atoms with Gasteiger partial charge in [-0.1, -0.05) is 57.2 Å². The van der Waals surface area contributed by atoms with Crippen LogP contribution >= 0.6 is 0 Å². The Hall–Kier alpha value is -3.01. The highest BCUT2D eigenvalue weighted by Gasteiger charge is 2.17. The van der Waals surface area contributed by atoms with E-state index in [-0.39, 0.29) is 17.9 Å². The minimum Gasteiger partial charge on any atom is -0.495 e. The zero-order valence-electron chi connectivity index (χ0n) is 16.2. The standard InChI is InChI=1S/C23H25NO3/c1-23(2,3)18-10-12-21(26-4)20(14-18)24-22(25)15-27-19-11-9-16-7-5-6-8-17(16)13-19/h5-14H,15H2,1-4H3,(H,24,25). The summed E-state index contributed by atoms with van der Waals surface area (Å²) in [6.07, 6.45) is 0. The van der Waals surface area contributed by atoms with Crippen molar-refractivity contribution < 1.29 is 14.3 Å². The molecule has 27 heavy (non-hydrogen) atoms. The Morgan fingerprint density at radius 2 is 1.70 bits per heavy atom. The number of carbonyl (C=O) groups excluding carboxylic acids is 1. The number of benzene rings is 3. The Balaban J connectivity index is 1.69. The SMILES string of the molecule is COc1ccc(C(C)(C)C)cc1NC(=O)COc1ccc2ccccc2c1. The fourth-order valence-corrected chi connectivity index (χ4v) is 2.86. The van der Waals surface area contributed by atoms with Gasteiger partial charge in [-0.3, -0.25) is 4.79 Å². The van der Waals surface area contributed by atoms with E-state index in [9.17, 15) is 4.79 Å². The lowest BCUT2D eigenvalue weighted by atomic mass is 9.87. The third kappa shape index (κ3) is 4.59. The molecule has 0 aliphatic carbocycles. The molecule has 0 radical (unpaired) electrons. The molecule has 0 fully saturated rings. The monoisotopic (exact) mass is 363 g/mol. The van der Waals surface area contributed by atoms with Crippen LogP contribution in [0.4, 0.5) is 5.69 Å². The Kier molecular flexibility index (Phi) is 5.36. The number of rotatable bonds is 5. The number of methoxy groups -OCH3 is 1. The van der Waals surface area contributed by atoms with Gasteiger partial charge in [0, 0.05) is 0 Å². The summed E-state index contributed by atoms with van der Waals surface area (Å²) in [7, 11) is 1.59. The summed E-state index contributed by atoms with van der Waals surface area (Å²) in [4.78, 5) is 12.4. The number of anilines is 1. The minimum absolute atomic E-state index is 0.0205. The minimum atomic E-state index is -0.229. The largest absolute Gasteiger partial charge is 0.495 e. The first-order valence-electron chi connectivity index (χ1n) is 8.97. The van der Waals surface area contributed by atoms with E-state index in [0.717, 1.165) is 16.3 Å². The number of amides is 1. The molecule has 1 N–H and O–H groups in total. The van der Waals surface area contributed by atoms with Crippen molar-refractivity contribution >= 4 is 22.4 Å². The van der Waals surface area contributed by atoms with E-state index in [1.54, 1.807) is 7.11 Å². The molecule has 4 nitrogen and oxygen atoms in total. The van der Waals surface area contributed by atoms with Gasteiger partial charge in [0.2, 0.25) is 0 Å². The smallest absolute Gasteiger partial charge is 0.262 e. The van der Waals surface area contributed by atoms with Gasteiger partial charge in [-0.2, -0.15) is 0 Å². The van der Waals surface area contributed by atoms with E-state index in [1.165, 1.54) is 0 Å². The molecule has 3 rings (SSSR count). The van der Waals surface area contributed by atoms with E-state index in [1.807, 2.05) is 60.7 Å². The van der Waals surface area contributed by atoms with E-state index in [4.69, 9.17) is 9.47 Å². The lowest BCUT2D eigenvalue weighted by Gasteiger charge is -2.21. The van der Waals surface area contributed by atoms with Crippen LogP contribution < -0.4 is 14.8 Å². The zero-order chi connectivity index (χ0) is 19.4. The lowest BCUT2D eigenvalue weighted by molar-refractivity contribution is -0.118. The van der Waals surface area contributed by atoms with Crippen molar-refractivity contribution in [3.8, 4) is 11.5 Å². The van der Waals surface area contributed by atoms with E-state index < -0.39 is 0 Å². The number of nitrogens with one attached hydrogen (secondary N) is 1. The van der Waals surface area contributed by atoms with Gasteiger partial charge >= 0.3 is 0 Å². The predicted molar refractivity (Wildman–Crippen MR) is 110 cm³/mol. The van der Waals surface area contributed by atoms with Crippen molar-refractivity contribution in [2.75, 3.05) is 19.0 Å². The van der Waals surface area contributed by atoms with Gasteiger partial charge in [0.05, 0.1) is 12.8 Å². The third-order valence-electron chi connectivity index (χ3n) is 4.43. The molecule has 0 aromatic heterocycles. The molecule has 0 aliphatic rings. The maximum atomic E-state index is 12.4. The summed E-state index contributed by atoms with van der Waals surface area (Å²) in [6, 6.07) is 19.7. The maximum Gasteiger partial charge on any atom is 0.262 e. The first-order valence-corrected chi connectivity index (χ1v) is 8.97. The highest BCUT2D eigenvalue weighted by molar-refractivity contribution is 5.93. The van der Waals surface area contributed by atoms with Gasteiger partial charge in [0.15, 0.2) is 6.61 Å². The van der Waals surface area contributed by atoms with Crippen LogP contribution in [-0.2, 0) is 10.2 Å². The Morgan fingerprint density at radius 3 is 2.41 bits per heavy atom. The molecule has 140 valence electrons. The van der Waals surface area contributed by atoms with Crippen LogP contribution in [0, 0.1) is 0 Å². The topological polar surface area (TPSA) is 47.6 Å². The third-order valence-corrected chi connectivity index (χ3v) is 4.43. The Bertz CT molecular complexity index is 957. The number of fused-ring (bicyclic) bond motifs is 1. The predicted octanol–water partition coefficient (Wildman–Crippen LogP) is 5.16. The van der Waals surface area contributed by atoms with Gasteiger partial charge in [-0.05, 0) is 46.0 Å². The zero-order valence-corrected chi connectivity index (χ0v) is 16.2. The highest BCUT2D eigenvalue weighted by atomic mass is 16.5. The molecule has 3 aromatic carbocycles. The summed E-state index contributed by atoms with van der Waals surface area (Å²) < 4.78 is 11.0. The van der Waals surface area contributed by atoms with Crippen LogP contribution in [0.3, 0.4) is 0 Å². The fourth-order valence-electron chi connectivity index (χ4n) is 2.86. The first kappa shape index (κ1) is 18.8. The Labute approximate surface area is 160 Å². The number of ether oxygens (including phenoxy) is 2. The van der Waals surface area contributed by atoms with Crippen molar-refractivity contribution in [3.05, 3.63) is 66.2 Å². The molecule has 0 saturated heterocycles. The molecule has 3 aromatic rings. The molecule has 0 heterocycles. The van der Waals surface area contributed by atoms with Crippen molar-refractivity contribution in [1.29, 1.82) is 0 Å². The average molecular weight is 363 g/mol. The van der Waals surface area contributed by atoms with Crippen molar-refractivity contribution in [1.82, 2.24) is 0 Å². The van der Waals surface area contributed by atoms with Gasteiger partial charge in [-0.15, -0.1) is 0 Å². The van der Waals surface area contributed by atoms with Gasteiger partial charge in [0.25, 0.3) is 5.91 Å². The van der Waals surface area contributed by atoms with Crippen LogP contribution in [0.25, 0.3) is 10.8 Å². The first-order chi connectivity index (χ1) is 12.9. The average Bonchev–Trinajstić information content (AvgIpc) is 2.65. The summed E-state index contributed by atoms with van der Waals surface area (Å²) in [5, 5.41) is 5.11. The summed E-state index contributed by atoms with van der Waals surface area (Å²) in [6.45, 7) is 6.32. The lowest BCUT2D eigenvalue weighted by Crippen LogP contribution is -2.21. The molecule has 0 saturated carbocycles. The van der Waals surface area contributed by atoms with E-state index in [0.29, 0.717) is 17.2 Å². The van der Waals surface area contributed by atoms with Crippen LogP contribution in [0.15, 0.2) is 60.7 Å². The van der Waals surface area contributed by atoms with Crippen LogP contribution in [0.2, 0.25) is 0 Å². The number of carbonyl (C=O) groups is 1. The molecular formula is C23H25NO3. The molecule has 4 heteroatoms. The van der Waals surface area contributed by atoms with Crippen LogP contribution in [0.1, 0.15) is 26.3 Å². The van der Waals surface area contributed by atoms with Gasteiger partial charge in [0.1, 0.15) is 11.5 Å². The summed E-state index contributed by atoms with van der Waals surface area (Å²) in [5.74, 6) is 1.06. The second-order valence-electron chi connectivity index (χ2n) is 7.51. The molecule has 0 bridgehead atoms. The molecule has 1 amide bonds. The van der Waals surface area contributed by atoms with Crippen LogP contribution in [-0.4, -0.2) is 19.6 Å². The second kappa shape index (κ2) is 7.70. The molecule has 0 aliphatic heterocycles. The maximum absolute atomic E-state index is 12.4. The van der Waals surface area contributed by atoms with Crippen molar-refractivity contribution in [2.24, 2.45) is 0 Å². The van der Waals surface area contributed by atoms with Crippen molar-refractivity contribution in [2.45, 2.75) is 26.2 Å². The van der Waals surface area contributed by atoms with Crippen LogP contribution in [0.5, 0.6) is 11.5 Å². The van der Waals surface area contributed by atoms with E-state index >= 15 is 0 Å².